The number of hydrogen-bond donors (Lipinski definition) is 2. The van der Waals surface area contributed by atoms with Gasteiger partial charge in [0.05, 0.1) is 6.61 Å². The van der Waals surface area contributed by atoms with Crippen LogP contribution in [-0.2, 0) is 0 Å². The van der Waals surface area contributed by atoms with Crippen molar-refractivity contribution in [3.05, 3.63) is 11.9 Å². The van der Waals surface area contributed by atoms with Crippen molar-refractivity contribution in [1.82, 2.24) is 9.97 Å². The lowest BCUT2D eigenvalue weighted by atomic mass is 10.4. The van der Waals surface area contributed by atoms with Gasteiger partial charge in [-0.2, -0.15) is 4.98 Å². The maximum absolute atomic E-state index is 5.32. The minimum atomic E-state index is 0.502. The molecular formula is C9H14N4O. The van der Waals surface area contributed by atoms with Crippen LogP contribution in [0.15, 0.2) is 6.07 Å². The molecule has 0 spiro atoms. The van der Waals surface area contributed by atoms with Crippen LogP contribution in [0.2, 0.25) is 0 Å². The van der Waals surface area contributed by atoms with Crippen molar-refractivity contribution in [2.45, 2.75) is 25.7 Å². The Labute approximate surface area is 82.7 Å². The Hall–Kier alpha value is -1.36. The van der Waals surface area contributed by atoms with Crippen LogP contribution in [0.1, 0.15) is 31.5 Å². The fourth-order valence-corrected chi connectivity index (χ4v) is 1.26. The lowest BCUT2D eigenvalue weighted by Gasteiger charge is -2.06. The highest BCUT2D eigenvalue weighted by atomic mass is 16.5. The predicted molar refractivity (Wildman–Crippen MR) is 53.0 cm³/mol. The van der Waals surface area contributed by atoms with Crippen molar-refractivity contribution in [2.24, 2.45) is 5.84 Å². The highest BCUT2D eigenvalue weighted by Gasteiger charge is 2.27. The summed E-state index contributed by atoms with van der Waals surface area (Å²) in [5.41, 5.74) is 2.52. The zero-order valence-electron chi connectivity index (χ0n) is 8.16. The average molecular weight is 194 g/mol. The number of nitrogen functional groups attached to an aromatic ring is 1. The summed E-state index contributed by atoms with van der Waals surface area (Å²) < 4.78 is 5.32. The molecule has 1 fully saturated rings. The van der Waals surface area contributed by atoms with Crippen LogP contribution < -0.4 is 16.0 Å². The topological polar surface area (TPSA) is 73.1 Å². The van der Waals surface area contributed by atoms with Gasteiger partial charge in [-0.25, -0.2) is 10.8 Å². The van der Waals surface area contributed by atoms with Crippen LogP contribution in [0.3, 0.4) is 0 Å². The van der Waals surface area contributed by atoms with Gasteiger partial charge in [0.15, 0.2) is 0 Å². The predicted octanol–water partition coefficient (Wildman–Crippen LogP) is 1.04. The second kappa shape index (κ2) is 3.79. The first-order valence-electron chi connectivity index (χ1n) is 4.82. The molecule has 0 amide bonds. The third kappa shape index (κ3) is 1.93. The summed E-state index contributed by atoms with van der Waals surface area (Å²) in [6, 6.07) is 1.70. The van der Waals surface area contributed by atoms with E-state index in [1.54, 1.807) is 6.07 Å². The van der Waals surface area contributed by atoms with Crippen molar-refractivity contribution in [2.75, 3.05) is 12.0 Å². The summed E-state index contributed by atoms with van der Waals surface area (Å²) in [6.45, 7) is 2.53. The number of rotatable bonds is 4. The number of nitrogens with one attached hydrogen (secondary N) is 1. The van der Waals surface area contributed by atoms with E-state index in [0.29, 0.717) is 24.2 Å². The van der Waals surface area contributed by atoms with Gasteiger partial charge < -0.3 is 10.2 Å². The molecule has 0 unspecified atom stereocenters. The van der Waals surface area contributed by atoms with E-state index < -0.39 is 0 Å². The van der Waals surface area contributed by atoms with Gasteiger partial charge in [-0.15, -0.1) is 0 Å². The highest BCUT2D eigenvalue weighted by molar-refractivity contribution is 5.37. The van der Waals surface area contributed by atoms with Crippen molar-refractivity contribution in [3.63, 3.8) is 0 Å². The molecular weight excluding hydrogens is 180 g/mol. The molecule has 0 aromatic carbocycles. The van der Waals surface area contributed by atoms with Crippen LogP contribution in [0.5, 0.6) is 5.88 Å². The zero-order chi connectivity index (χ0) is 9.97. The summed E-state index contributed by atoms with van der Waals surface area (Å²) in [4.78, 5) is 8.57. The van der Waals surface area contributed by atoms with E-state index in [4.69, 9.17) is 10.6 Å². The third-order valence-electron chi connectivity index (χ3n) is 2.10. The molecule has 0 aliphatic heterocycles. The summed E-state index contributed by atoms with van der Waals surface area (Å²) in [7, 11) is 0. The first-order chi connectivity index (χ1) is 6.83. The Morgan fingerprint density at radius 1 is 1.57 bits per heavy atom. The number of hydrogen-bond acceptors (Lipinski definition) is 5. The maximum atomic E-state index is 5.32. The molecule has 1 aliphatic rings. The Morgan fingerprint density at radius 3 is 2.93 bits per heavy atom. The number of aromatic nitrogens is 2. The molecule has 1 aliphatic carbocycles. The van der Waals surface area contributed by atoms with Gasteiger partial charge in [0.1, 0.15) is 11.6 Å². The van der Waals surface area contributed by atoms with Crippen molar-refractivity contribution < 1.29 is 4.74 Å². The monoisotopic (exact) mass is 194 g/mol. The van der Waals surface area contributed by atoms with Gasteiger partial charge in [0, 0.05) is 12.0 Å². The van der Waals surface area contributed by atoms with E-state index in [0.717, 1.165) is 5.82 Å². The summed E-state index contributed by atoms with van der Waals surface area (Å²) >= 11 is 0. The van der Waals surface area contributed by atoms with Gasteiger partial charge >= 0.3 is 0 Å². The van der Waals surface area contributed by atoms with Crippen LogP contribution in [0, 0.1) is 0 Å². The van der Waals surface area contributed by atoms with Gasteiger partial charge in [-0.05, 0) is 19.8 Å². The lowest BCUT2D eigenvalue weighted by Crippen LogP contribution is -2.11. The van der Waals surface area contributed by atoms with Gasteiger partial charge in [0.2, 0.25) is 5.88 Å². The SMILES string of the molecule is CCOc1cc(NN)nc(C2CC2)n1. The number of hydrazine groups is 1. The van der Waals surface area contributed by atoms with E-state index in [2.05, 4.69) is 15.4 Å². The number of nitrogens with two attached hydrogens (primary N) is 1. The summed E-state index contributed by atoms with van der Waals surface area (Å²) in [5, 5.41) is 0. The van der Waals surface area contributed by atoms with E-state index in [1.807, 2.05) is 6.92 Å². The van der Waals surface area contributed by atoms with Crippen molar-refractivity contribution in [3.8, 4) is 5.88 Å². The number of ether oxygens (including phenoxy) is 1. The molecule has 0 radical (unpaired) electrons. The van der Waals surface area contributed by atoms with Crippen LogP contribution in [0.4, 0.5) is 5.82 Å². The molecule has 3 N–H and O–H groups in total. The standard InChI is InChI=1S/C9H14N4O/c1-2-14-8-5-7(13-10)11-9(12-8)6-3-4-6/h5-6H,2-4,10H2,1H3,(H,11,12,13). The summed E-state index contributed by atoms with van der Waals surface area (Å²) in [6.07, 6.45) is 2.33. The molecule has 0 atom stereocenters. The molecule has 1 aromatic heterocycles. The van der Waals surface area contributed by atoms with E-state index in [9.17, 15) is 0 Å². The zero-order valence-corrected chi connectivity index (χ0v) is 8.16. The largest absolute Gasteiger partial charge is 0.478 e. The van der Waals surface area contributed by atoms with E-state index in [-0.39, 0.29) is 0 Å². The first kappa shape index (κ1) is 9.21. The molecule has 5 heteroatoms. The second-order valence-electron chi connectivity index (χ2n) is 3.30. The minimum Gasteiger partial charge on any atom is -0.478 e. The molecule has 76 valence electrons. The van der Waals surface area contributed by atoms with Gasteiger partial charge in [-0.1, -0.05) is 0 Å². The molecule has 1 saturated carbocycles. The molecule has 1 aromatic rings. The van der Waals surface area contributed by atoms with Gasteiger partial charge in [0.25, 0.3) is 0 Å². The lowest BCUT2D eigenvalue weighted by molar-refractivity contribution is 0.325. The Kier molecular flexibility index (Phi) is 2.49. The second-order valence-corrected chi connectivity index (χ2v) is 3.30. The molecule has 0 saturated heterocycles. The Bertz CT molecular complexity index is 325. The smallest absolute Gasteiger partial charge is 0.218 e. The van der Waals surface area contributed by atoms with Crippen LogP contribution in [0.25, 0.3) is 0 Å². The fourth-order valence-electron chi connectivity index (χ4n) is 1.26. The quantitative estimate of drug-likeness (QED) is 0.553. The number of anilines is 1. The minimum absolute atomic E-state index is 0.502. The third-order valence-corrected chi connectivity index (χ3v) is 2.10. The molecule has 0 bridgehead atoms. The average Bonchev–Trinajstić information content (AvgIpc) is 3.01. The van der Waals surface area contributed by atoms with Crippen LogP contribution >= 0.6 is 0 Å². The first-order valence-corrected chi connectivity index (χ1v) is 4.82. The molecule has 14 heavy (non-hydrogen) atoms. The van der Waals surface area contributed by atoms with Crippen molar-refractivity contribution in [1.29, 1.82) is 0 Å². The molecule has 5 nitrogen and oxygen atoms in total. The maximum Gasteiger partial charge on any atom is 0.218 e. The summed E-state index contributed by atoms with van der Waals surface area (Å²) in [5.74, 6) is 7.86. The Morgan fingerprint density at radius 2 is 2.36 bits per heavy atom. The van der Waals surface area contributed by atoms with Gasteiger partial charge in [-0.3, -0.25) is 0 Å². The molecule has 1 heterocycles. The Balaban J connectivity index is 2.26. The highest BCUT2D eigenvalue weighted by Crippen LogP contribution is 2.38. The van der Waals surface area contributed by atoms with Crippen molar-refractivity contribution >= 4 is 5.82 Å². The molecule has 2 rings (SSSR count). The van der Waals surface area contributed by atoms with Crippen LogP contribution in [-0.4, -0.2) is 16.6 Å². The normalized spacial score (nSPS) is 15.3. The van der Waals surface area contributed by atoms with E-state index >= 15 is 0 Å². The van der Waals surface area contributed by atoms with E-state index in [1.165, 1.54) is 12.8 Å². The number of nitrogens with zero attached hydrogens (tertiary/aromatic N) is 2. The fraction of sp³-hybridized carbons (Fsp3) is 0.556.